The van der Waals surface area contributed by atoms with Gasteiger partial charge in [-0.25, -0.2) is 0 Å². The van der Waals surface area contributed by atoms with Crippen LogP contribution in [-0.4, -0.2) is 12.0 Å². The van der Waals surface area contributed by atoms with Crippen LogP contribution in [0.2, 0.25) is 5.02 Å². The van der Waals surface area contributed by atoms with Gasteiger partial charge in [0, 0.05) is 16.0 Å². The number of ketones is 1. The van der Waals surface area contributed by atoms with E-state index in [0.29, 0.717) is 16.7 Å². The molecule has 86 valence electrons. The van der Waals surface area contributed by atoms with Crippen molar-refractivity contribution in [1.82, 2.24) is 0 Å². The van der Waals surface area contributed by atoms with Gasteiger partial charge in [0.2, 0.25) is 0 Å². The van der Waals surface area contributed by atoms with Crippen molar-refractivity contribution in [3.63, 3.8) is 0 Å². The molecule has 1 aromatic rings. The molecular weight excluding hydrogens is 261 g/mol. The van der Waals surface area contributed by atoms with E-state index in [1.807, 2.05) is 0 Å². The third-order valence-corrected chi connectivity index (χ3v) is 2.33. The summed E-state index contributed by atoms with van der Waals surface area (Å²) in [7, 11) is 0. The number of carbonyl (C=O) groups excluding carboxylic acids is 1. The van der Waals surface area contributed by atoms with Gasteiger partial charge in [-0.15, -0.1) is 12.6 Å². The van der Waals surface area contributed by atoms with E-state index in [2.05, 4.69) is 12.6 Å². The van der Waals surface area contributed by atoms with Crippen LogP contribution in [0.5, 0.6) is 0 Å². The molecule has 0 aliphatic carbocycles. The van der Waals surface area contributed by atoms with Crippen LogP contribution in [0.15, 0.2) is 30.3 Å². The second-order valence-electron chi connectivity index (χ2n) is 2.90. The number of alkyl halides is 3. The highest BCUT2D eigenvalue weighted by molar-refractivity contribution is 7.90. The van der Waals surface area contributed by atoms with Gasteiger partial charge < -0.3 is 0 Å². The normalized spacial score (nSPS) is 12.7. The number of hydrogen-bond donors (Lipinski definition) is 1. The molecule has 0 atom stereocenters. The fourth-order valence-corrected chi connectivity index (χ4v) is 1.30. The molecule has 1 nitrogen and oxygen atoms in total. The predicted molar refractivity (Wildman–Crippen MR) is 59.5 cm³/mol. The molecule has 0 spiro atoms. The summed E-state index contributed by atoms with van der Waals surface area (Å²) in [6, 6.07) is 5.95. The summed E-state index contributed by atoms with van der Waals surface area (Å²) >= 11 is 9.43. The Kier molecular flexibility index (Phi) is 4.04. The first kappa shape index (κ1) is 13.1. The fourth-order valence-electron chi connectivity index (χ4n) is 0.910. The molecule has 6 heteroatoms. The summed E-state index contributed by atoms with van der Waals surface area (Å²) in [5.74, 6) is -1.94. The summed E-state index contributed by atoms with van der Waals surface area (Å²) in [6.07, 6.45) is -4.44. The molecule has 0 radical (unpaired) electrons. The topological polar surface area (TPSA) is 17.1 Å². The van der Waals surface area contributed by atoms with E-state index in [1.54, 1.807) is 0 Å². The van der Waals surface area contributed by atoms with Gasteiger partial charge in [-0.3, -0.25) is 4.79 Å². The number of allylic oxidation sites excluding steroid dienone is 1. The highest BCUT2D eigenvalue weighted by atomic mass is 35.5. The van der Waals surface area contributed by atoms with Crippen molar-refractivity contribution in [1.29, 1.82) is 0 Å². The molecular formula is C10H6ClF3OS. The molecule has 0 N–H and O–H groups in total. The maximum absolute atomic E-state index is 11.9. The smallest absolute Gasteiger partial charge is 0.285 e. The second-order valence-corrected chi connectivity index (χ2v) is 3.82. The van der Waals surface area contributed by atoms with Crippen LogP contribution in [0.25, 0.3) is 4.91 Å². The van der Waals surface area contributed by atoms with Gasteiger partial charge in [0.1, 0.15) is 0 Å². The Balaban J connectivity index is 2.94. The van der Waals surface area contributed by atoms with Crippen LogP contribution in [0.4, 0.5) is 13.2 Å². The molecule has 0 saturated heterocycles. The average molecular weight is 267 g/mol. The highest BCUT2D eigenvalue weighted by Crippen LogP contribution is 2.24. The van der Waals surface area contributed by atoms with Crippen molar-refractivity contribution < 1.29 is 18.0 Å². The molecule has 0 amide bonds. The number of thiol groups is 1. The Bertz CT molecular complexity index is 423. The summed E-state index contributed by atoms with van der Waals surface area (Å²) < 4.78 is 35.8. The lowest BCUT2D eigenvalue weighted by Crippen LogP contribution is -2.20. The predicted octanol–water partition coefficient (Wildman–Crippen LogP) is 3.74. The first-order chi connectivity index (χ1) is 7.30. The lowest BCUT2D eigenvalue weighted by molar-refractivity contribution is -0.165. The minimum absolute atomic E-state index is 0.0565. The standard InChI is InChI=1S/C10H6ClF3OS/c11-7-3-1-6(2-4-7)8(16)5-9(15)10(12,13)14/h1-5,16H. The van der Waals surface area contributed by atoms with Crippen molar-refractivity contribution in [2.24, 2.45) is 0 Å². The fraction of sp³-hybridized carbons (Fsp3) is 0.100. The van der Waals surface area contributed by atoms with Crippen LogP contribution < -0.4 is 0 Å². The van der Waals surface area contributed by atoms with Crippen LogP contribution in [-0.2, 0) is 4.79 Å². The number of halogens is 4. The Labute approximate surface area is 100 Å². The monoisotopic (exact) mass is 266 g/mol. The van der Waals surface area contributed by atoms with Crippen LogP contribution in [0.1, 0.15) is 5.56 Å². The van der Waals surface area contributed by atoms with Crippen LogP contribution in [0.3, 0.4) is 0 Å². The van der Waals surface area contributed by atoms with E-state index in [4.69, 9.17) is 11.6 Å². The van der Waals surface area contributed by atoms with Crippen molar-refractivity contribution in [2.45, 2.75) is 6.18 Å². The maximum atomic E-state index is 11.9. The van der Waals surface area contributed by atoms with Crippen molar-refractivity contribution in [3.8, 4) is 0 Å². The lowest BCUT2D eigenvalue weighted by Gasteiger charge is -2.03. The van der Waals surface area contributed by atoms with Gasteiger partial charge in [-0.05, 0) is 17.7 Å². The first-order valence-corrected chi connectivity index (χ1v) is 4.91. The highest BCUT2D eigenvalue weighted by Gasteiger charge is 2.36. The third kappa shape index (κ3) is 3.57. The zero-order valence-electron chi connectivity index (χ0n) is 7.75. The van der Waals surface area contributed by atoms with Crippen LogP contribution in [0, 0.1) is 0 Å². The molecule has 0 aromatic heterocycles. The minimum Gasteiger partial charge on any atom is -0.285 e. The molecule has 0 bridgehead atoms. The van der Waals surface area contributed by atoms with Gasteiger partial charge in [0.15, 0.2) is 0 Å². The van der Waals surface area contributed by atoms with Crippen molar-refractivity contribution >= 4 is 34.9 Å². The van der Waals surface area contributed by atoms with E-state index < -0.39 is 12.0 Å². The molecule has 0 unspecified atom stereocenters. The molecule has 0 saturated carbocycles. The van der Waals surface area contributed by atoms with E-state index in [-0.39, 0.29) is 4.91 Å². The van der Waals surface area contributed by atoms with Gasteiger partial charge in [0.25, 0.3) is 5.78 Å². The van der Waals surface area contributed by atoms with E-state index in [9.17, 15) is 18.0 Å². The number of rotatable bonds is 2. The SMILES string of the molecule is O=C(C=C(S)c1ccc(Cl)cc1)C(F)(F)F. The Morgan fingerprint density at radius 3 is 2.19 bits per heavy atom. The minimum atomic E-state index is -4.87. The number of benzene rings is 1. The number of carbonyl (C=O) groups is 1. The molecule has 1 aromatic carbocycles. The van der Waals surface area contributed by atoms with Crippen molar-refractivity contribution in [3.05, 3.63) is 40.9 Å². The maximum Gasteiger partial charge on any atom is 0.454 e. The van der Waals surface area contributed by atoms with E-state index in [1.165, 1.54) is 24.3 Å². The first-order valence-electron chi connectivity index (χ1n) is 4.08. The van der Waals surface area contributed by atoms with Gasteiger partial charge in [-0.1, -0.05) is 23.7 Å². The van der Waals surface area contributed by atoms with Gasteiger partial charge in [-0.2, -0.15) is 13.2 Å². The Morgan fingerprint density at radius 1 is 1.25 bits per heavy atom. The molecule has 0 heterocycles. The largest absolute Gasteiger partial charge is 0.454 e. The van der Waals surface area contributed by atoms with Gasteiger partial charge in [0.05, 0.1) is 0 Å². The molecule has 0 aliphatic rings. The molecule has 16 heavy (non-hydrogen) atoms. The lowest BCUT2D eigenvalue weighted by atomic mass is 10.2. The zero-order chi connectivity index (χ0) is 12.3. The molecule has 0 fully saturated rings. The average Bonchev–Trinajstić information content (AvgIpc) is 2.17. The molecule has 1 rings (SSSR count). The second kappa shape index (κ2) is 4.93. The summed E-state index contributed by atoms with van der Waals surface area (Å²) in [6.45, 7) is 0. The number of hydrogen-bond acceptors (Lipinski definition) is 2. The summed E-state index contributed by atoms with van der Waals surface area (Å²) in [5.41, 5.74) is 0.394. The third-order valence-electron chi connectivity index (χ3n) is 1.69. The molecule has 0 aliphatic heterocycles. The van der Waals surface area contributed by atoms with E-state index >= 15 is 0 Å². The zero-order valence-corrected chi connectivity index (χ0v) is 9.40. The summed E-state index contributed by atoms with van der Waals surface area (Å²) in [4.78, 5) is 10.6. The van der Waals surface area contributed by atoms with Crippen LogP contribution >= 0.6 is 24.2 Å². The quantitative estimate of drug-likeness (QED) is 0.637. The Hall–Kier alpha value is -0.940. The Morgan fingerprint density at radius 2 is 1.75 bits per heavy atom. The summed E-state index contributed by atoms with van der Waals surface area (Å²) in [5, 5.41) is 0.451. The van der Waals surface area contributed by atoms with E-state index in [0.717, 1.165) is 0 Å². The van der Waals surface area contributed by atoms with Crippen molar-refractivity contribution in [2.75, 3.05) is 0 Å². The van der Waals surface area contributed by atoms with Gasteiger partial charge >= 0.3 is 6.18 Å².